The summed E-state index contributed by atoms with van der Waals surface area (Å²) >= 11 is 0. The van der Waals surface area contributed by atoms with Gasteiger partial charge in [-0.15, -0.1) is 0 Å². The molecule has 17 heavy (non-hydrogen) atoms. The van der Waals surface area contributed by atoms with Gasteiger partial charge in [-0.25, -0.2) is 0 Å². The molecule has 1 rings (SSSR count). The van der Waals surface area contributed by atoms with Crippen LogP contribution in [0.5, 0.6) is 0 Å². The van der Waals surface area contributed by atoms with Crippen LogP contribution in [0, 0.1) is 0 Å². The third-order valence-electron chi connectivity index (χ3n) is 2.40. The first-order valence-corrected chi connectivity index (χ1v) is 5.70. The first-order valence-electron chi connectivity index (χ1n) is 5.70. The number of rotatable bonds is 8. The number of benzene rings is 1. The van der Waals surface area contributed by atoms with Crippen LogP contribution >= 0.6 is 0 Å². The average Bonchev–Trinajstić information content (AvgIpc) is 2.33. The van der Waals surface area contributed by atoms with E-state index in [-0.39, 0.29) is 12.8 Å². The van der Waals surface area contributed by atoms with Crippen LogP contribution in [0.1, 0.15) is 24.8 Å². The van der Waals surface area contributed by atoms with E-state index in [1.54, 1.807) is 0 Å². The minimum atomic E-state index is -0.880. The fraction of sp³-hybridized carbons (Fsp3) is 0.462. The van der Waals surface area contributed by atoms with Crippen molar-refractivity contribution in [3.63, 3.8) is 0 Å². The molecule has 0 bridgehead atoms. The standard InChI is InChI=1S/C13H18O4/c14-12(6-7-13(15)16)8-9-17-10-11-4-2-1-3-5-11/h1-5,12,14H,6-10H2,(H,15,16). The Morgan fingerprint density at radius 1 is 1.24 bits per heavy atom. The Hall–Kier alpha value is -1.39. The Labute approximate surface area is 101 Å². The van der Waals surface area contributed by atoms with Crippen molar-refractivity contribution < 1.29 is 19.7 Å². The zero-order valence-electron chi connectivity index (χ0n) is 9.71. The van der Waals surface area contributed by atoms with Gasteiger partial charge < -0.3 is 14.9 Å². The molecule has 0 spiro atoms. The summed E-state index contributed by atoms with van der Waals surface area (Å²) < 4.78 is 5.39. The number of carboxylic acids is 1. The molecule has 0 amide bonds. The van der Waals surface area contributed by atoms with Crippen LogP contribution in [0.2, 0.25) is 0 Å². The summed E-state index contributed by atoms with van der Waals surface area (Å²) in [6, 6.07) is 9.78. The van der Waals surface area contributed by atoms with Gasteiger partial charge in [0.1, 0.15) is 0 Å². The molecule has 0 fully saturated rings. The van der Waals surface area contributed by atoms with Gasteiger partial charge in [0.05, 0.1) is 12.7 Å². The molecule has 1 atom stereocenters. The number of aliphatic hydroxyl groups excluding tert-OH is 1. The Kier molecular flexibility index (Phi) is 6.29. The van der Waals surface area contributed by atoms with Crippen LogP contribution in [-0.2, 0) is 16.1 Å². The van der Waals surface area contributed by atoms with Crippen LogP contribution in [0.15, 0.2) is 30.3 Å². The first kappa shape index (κ1) is 13.7. The van der Waals surface area contributed by atoms with Crippen molar-refractivity contribution in [1.29, 1.82) is 0 Å². The molecule has 4 nitrogen and oxygen atoms in total. The molecule has 2 N–H and O–H groups in total. The largest absolute Gasteiger partial charge is 0.481 e. The highest BCUT2D eigenvalue weighted by Gasteiger charge is 2.06. The fourth-order valence-electron chi connectivity index (χ4n) is 1.42. The molecule has 0 aromatic heterocycles. The molecule has 0 radical (unpaired) electrons. The van der Waals surface area contributed by atoms with Gasteiger partial charge in [0, 0.05) is 13.0 Å². The van der Waals surface area contributed by atoms with Crippen molar-refractivity contribution in [3.8, 4) is 0 Å². The molecule has 0 heterocycles. The van der Waals surface area contributed by atoms with Crippen molar-refractivity contribution in [2.75, 3.05) is 6.61 Å². The van der Waals surface area contributed by atoms with Crippen molar-refractivity contribution in [2.24, 2.45) is 0 Å². The van der Waals surface area contributed by atoms with Gasteiger partial charge in [0.25, 0.3) is 0 Å². The second kappa shape index (κ2) is 7.81. The lowest BCUT2D eigenvalue weighted by Crippen LogP contribution is -2.12. The molecular weight excluding hydrogens is 220 g/mol. The smallest absolute Gasteiger partial charge is 0.303 e. The Balaban J connectivity index is 2.06. The first-order chi connectivity index (χ1) is 8.18. The molecule has 1 aromatic carbocycles. The maximum Gasteiger partial charge on any atom is 0.303 e. The highest BCUT2D eigenvalue weighted by atomic mass is 16.5. The minimum absolute atomic E-state index is 0.000147. The SMILES string of the molecule is O=C(O)CCC(O)CCOCc1ccccc1. The lowest BCUT2D eigenvalue weighted by Gasteiger charge is -2.09. The molecule has 0 aliphatic carbocycles. The lowest BCUT2D eigenvalue weighted by molar-refractivity contribution is -0.137. The number of ether oxygens (including phenoxy) is 1. The van der Waals surface area contributed by atoms with Crippen LogP contribution in [-0.4, -0.2) is 28.9 Å². The maximum absolute atomic E-state index is 10.3. The van der Waals surface area contributed by atoms with Gasteiger partial charge in [-0.1, -0.05) is 30.3 Å². The van der Waals surface area contributed by atoms with Gasteiger partial charge in [0.2, 0.25) is 0 Å². The van der Waals surface area contributed by atoms with Crippen LogP contribution in [0.25, 0.3) is 0 Å². The normalized spacial score (nSPS) is 12.3. The monoisotopic (exact) mass is 238 g/mol. The molecule has 0 saturated carbocycles. The summed E-state index contributed by atoms with van der Waals surface area (Å²) in [7, 11) is 0. The van der Waals surface area contributed by atoms with E-state index >= 15 is 0 Å². The van der Waals surface area contributed by atoms with E-state index < -0.39 is 12.1 Å². The van der Waals surface area contributed by atoms with E-state index in [1.807, 2.05) is 30.3 Å². The van der Waals surface area contributed by atoms with Crippen LogP contribution in [0.3, 0.4) is 0 Å². The van der Waals surface area contributed by atoms with Gasteiger partial charge in [-0.3, -0.25) is 4.79 Å². The summed E-state index contributed by atoms with van der Waals surface area (Å²) in [5, 5.41) is 17.9. The number of carbonyl (C=O) groups is 1. The van der Waals surface area contributed by atoms with E-state index in [2.05, 4.69) is 0 Å². The quantitative estimate of drug-likeness (QED) is 0.678. The van der Waals surface area contributed by atoms with Crippen molar-refractivity contribution in [2.45, 2.75) is 32.0 Å². The van der Waals surface area contributed by atoms with E-state index in [0.717, 1.165) is 5.56 Å². The minimum Gasteiger partial charge on any atom is -0.481 e. The maximum atomic E-state index is 10.3. The second-order valence-corrected chi connectivity index (χ2v) is 3.91. The lowest BCUT2D eigenvalue weighted by atomic mass is 10.1. The van der Waals surface area contributed by atoms with E-state index in [4.69, 9.17) is 9.84 Å². The zero-order valence-corrected chi connectivity index (χ0v) is 9.71. The number of hydrogen-bond donors (Lipinski definition) is 2. The number of aliphatic carboxylic acids is 1. The average molecular weight is 238 g/mol. The molecule has 0 saturated heterocycles. The van der Waals surface area contributed by atoms with Gasteiger partial charge in [0.15, 0.2) is 0 Å². The summed E-state index contributed by atoms with van der Waals surface area (Å²) in [5.41, 5.74) is 1.09. The highest BCUT2D eigenvalue weighted by molar-refractivity contribution is 5.66. The van der Waals surface area contributed by atoms with Crippen LogP contribution in [0.4, 0.5) is 0 Å². The third-order valence-corrected chi connectivity index (χ3v) is 2.40. The van der Waals surface area contributed by atoms with Crippen molar-refractivity contribution >= 4 is 5.97 Å². The molecular formula is C13H18O4. The van der Waals surface area contributed by atoms with E-state index in [1.165, 1.54) is 0 Å². The molecule has 4 heteroatoms. The number of hydrogen-bond acceptors (Lipinski definition) is 3. The van der Waals surface area contributed by atoms with Crippen molar-refractivity contribution in [3.05, 3.63) is 35.9 Å². The fourth-order valence-corrected chi connectivity index (χ4v) is 1.42. The summed E-state index contributed by atoms with van der Waals surface area (Å²) in [6.07, 6.45) is 0.158. The Morgan fingerprint density at radius 3 is 2.59 bits per heavy atom. The topological polar surface area (TPSA) is 66.8 Å². The molecule has 0 aliphatic rings. The predicted octanol–water partition coefficient (Wildman–Crippen LogP) is 1.82. The Morgan fingerprint density at radius 2 is 1.94 bits per heavy atom. The van der Waals surface area contributed by atoms with Gasteiger partial charge >= 0.3 is 5.97 Å². The predicted molar refractivity (Wildman–Crippen MR) is 63.6 cm³/mol. The van der Waals surface area contributed by atoms with Gasteiger partial charge in [-0.2, -0.15) is 0 Å². The summed E-state index contributed by atoms with van der Waals surface area (Å²) in [5.74, 6) is -0.880. The highest BCUT2D eigenvalue weighted by Crippen LogP contribution is 2.04. The summed E-state index contributed by atoms with van der Waals surface area (Å²) in [6.45, 7) is 0.960. The number of carboxylic acid groups (broad SMARTS) is 1. The molecule has 0 aliphatic heterocycles. The third kappa shape index (κ3) is 6.71. The van der Waals surface area contributed by atoms with Crippen molar-refractivity contribution in [1.82, 2.24) is 0 Å². The van der Waals surface area contributed by atoms with Crippen LogP contribution < -0.4 is 0 Å². The zero-order chi connectivity index (χ0) is 12.5. The molecule has 94 valence electrons. The van der Waals surface area contributed by atoms with Gasteiger partial charge in [-0.05, 0) is 18.4 Å². The Bertz CT molecular complexity index is 323. The number of aliphatic hydroxyl groups is 1. The molecule has 1 aromatic rings. The second-order valence-electron chi connectivity index (χ2n) is 3.91. The molecule has 1 unspecified atom stereocenters. The van der Waals surface area contributed by atoms with E-state index in [9.17, 15) is 9.90 Å². The van der Waals surface area contributed by atoms with E-state index in [0.29, 0.717) is 19.6 Å². The summed E-state index contributed by atoms with van der Waals surface area (Å²) in [4.78, 5) is 10.3.